The van der Waals surface area contributed by atoms with Gasteiger partial charge in [0.05, 0.1) is 6.04 Å². The summed E-state index contributed by atoms with van der Waals surface area (Å²) in [7, 11) is 0. The third-order valence-corrected chi connectivity index (χ3v) is 3.16. The number of amides is 2. The molecule has 3 nitrogen and oxygen atoms in total. The number of hydrogen-bond donors (Lipinski definition) is 2. The topological polar surface area (TPSA) is 41.1 Å². The van der Waals surface area contributed by atoms with Crippen molar-refractivity contribution in [1.29, 1.82) is 0 Å². The second-order valence-corrected chi connectivity index (χ2v) is 5.99. The van der Waals surface area contributed by atoms with Crippen molar-refractivity contribution in [2.75, 3.05) is 6.54 Å². The Hall–Kier alpha value is -1.51. The maximum atomic E-state index is 11.6. The van der Waals surface area contributed by atoms with E-state index in [1.54, 1.807) is 0 Å². The van der Waals surface area contributed by atoms with Crippen LogP contribution in [-0.2, 0) is 5.41 Å². The minimum Gasteiger partial charge on any atom is -0.338 e. The van der Waals surface area contributed by atoms with Crippen LogP contribution in [0.5, 0.6) is 0 Å². The largest absolute Gasteiger partial charge is 0.338 e. The van der Waals surface area contributed by atoms with E-state index in [9.17, 15) is 4.79 Å². The van der Waals surface area contributed by atoms with Crippen LogP contribution in [0.1, 0.15) is 58.2 Å². The van der Waals surface area contributed by atoms with Crippen molar-refractivity contribution in [2.24, 2.45) is 0 Å². The monoisotopic (exact) mass is 262 g/mol. The zero-order valence-corrected chi connectivity index (χ0v) is 12.7. The second kappa shape index (κ2) is 6.60. The number of rotatable bonds is 4. The van der Waals surface area contributed by atoms with Crippen molar-refractivity contribution in [3.05, 3.63) is 35.4 Å². The summed E-state index contributed by atoms with van der Waals surface area (Å²) in [5, 5.41) is 5.76. The molecule has 0 radical (unpaired) electrons. The van der Waals surface area contributed by atoms with Gasteiger partial charge in [-0.15, -0.1) is 0 Å². The van der Waals surface area contributed by atoms with Crippen LogP contribution in [0.4, 0.5) is 4.79 Å². The van der Waals surface area contributed by atoms with Crippen LogP contribution in [0.15, 0.2) is 24.3 Å². The van der Waals surface area contributed by atoms with E-state index in [1.165, 1.54) is 5.56 Å². The summed E-state index contributed by atoms with van der Waals surface area (Å²) in [5.74, 6) is 0. The first-order valence-corrected chi connectivity index (χ1v) is 6.99. The Kier molecular flexibility index (Phi) is 5.40. The molecule has 0 heterocycles. The van der Waals surface area contributed by atoms with Gasteiger partial charge in [-0.25, -0.2) is 4.79 Å². The lowest BCUT2D eigenvalue weighted by molar-refractivity contribution is 0.238. The zero-order valence-electron chi connectivity index (χ0n) is 12.7. The lowest BCUT2D eigenvalue weighted by Crippen LogP contribution is -2.37. The van der Waals surface area contributed by atoms with Crippen LogP contribution in [0.2, 0.25) is 0 Å². The molecule has 1 aromatic rings. The molecule has 1 aromatic carbocycles. The van der Waals surface area contributed by atoms with Gasteiger partial charge in [0.15, 0.2) is 0 Å². The highest BCUT2D eigenvalue weighted by atomic mass is 16.2. The molecule has 0 bridgehead atoms. The molecule has 0 saturated carbocycles. The lowest BCUT2D eigenvalue weighted by Gasteiger charge is -2.20. The van der Waals surface area contributed by atoms with E-state index in [0.29, 0.717) is 6.54 Å². The summed E-state index contributed by atoms with van der Waals surface area (Å²) in [5.41, 5.74) is 2.59. The Morgan fingerprint density at radius 2 is 1.79 bits per heavy atom. The molecule has 0 aromatic heterocycles. The summed E-state index contributed by atoms with van der Waals surface area (Å²) in [6.45, 7) is 11.3. The number of benzene rings is 1. The lowest BCUT2D eigenvalue weighted by atomic mass is 9.86. The van der Waals surface area contributed by atoms with Crippen LogP contribution < -0.4 is 10.6 Å². The van der Waals surface area contributed by atoms with Crippen LogP contribution in [0, 0.1) is 0 Å². The van der Waals surface area contributed by atoms with E-state index < -0.39 is 0 Å². The molecule has 0 fully saturated rings. The first-order chi connectivity index (χ1) is 8.84. The van der Waals surface area contributed by atoms with E-state index in [0.717, 1.165) is 12.0 Å². The van der Waals surface area contributed by atoms with Crippen LogP contribution in [0.25, 0.3) is 0 Å². The molecule has 0 saturated heterocycles. The zero-order chi connectivity index (χ0) is 14.5. The number of carbonyl (C=O) groups excluding carboxylic acids is 1. The molecule has 1 atom stereocenters. The molecule has 2 amide bonds. The molecule has 106 valence electrons. The van der Waals surface area contributed by atoms with Gasteiger partial charge >= 0.3 is 6.03 Å². The predicted molar refractivity (Wildman–Crippen MR) is 80.4 cm³/mol. The van der Waals surface area contributed by atoms with Crippen molar-refractivity contribution in [3.63, 3.8) is 0 Å². The smallest absolute Gasteiger partial charge is 0.315 e. The number of urea groups is 1. The Bertz CT molecular complexity index is 404. The van der Waals surface area contributed by atoms with Crippen molar-refractivity contribution in [3.8, 4) is 0 Å². The van der Waals surface area contributed by atoms with Gasteiger partial charge in [0.25, 0.3) is 0 Å². The molecule has 3 heteroatoms. The summed E-state index contributed by atoms with van der Waals surface area (Å²) in [6.07, 6.45) is 0.947. The summed E-state index contributed by atoms with van der Waals surface area (Å²) in [4.78, 5) is 11.6. The van der Waals surface area contributed by atoms with E-state index in [-0.39, 0.29) is 17.5 Å². The van der Waals surface area contributed by atoms with Crippen LogP contribution in [0.3, 0.4) is 0 Å². The molecular weight excluding hydrogens is 236 g/mol. The highest BCUT2D eigenvalue weighted by Gasteiger charge is 2.14. The first kappa shape index (κ1) is 15.5. The average Bonchev–Trinajstić information content (AvgIpc) is 2.35. The predicted octanol–water partition coefficient (Wildman–Crippen LogP) is 3.75. The van der Waals surface area contributed by atoms with E-state index in [4.69, 9.17) is 0 Å². The van der Waals surface area contributed by atoms with Gasteiger partial charge < -0.3 is 10.6 Å². The van der Waals surface area contributed by atoms with Gasteiger partial charge in [0, 0.05) is 6.54 Å². The van der Waals surface area contributed by atoms with Gasteiger partial charge in [-0.1, -0.05) is 52.0 Å². The summed E-state index contributed by atoms with van der Waals surface area (Å²) >= 11 is 0. The molecule has 0 spiro atoms. The molecule has 0 aliphatic carbocycles. The quantitative estimate of drug-likeness (QED) is 0.852. The van der Waals surface area contributed by atoms with Crippen molar-refractivity contribution in [2.45, 2.75) is 52.5 Å². The molecule has 1 rings (SSSR count). The van der Waals surface area contributed by atoms with Crippen LogP contribution in [-0.4, -0.2) is 12.6 Å². The SMILES string of the molecule is CCCNC(=O)N[C@@H](C)c1ccc(C(C)(C)C)cc1. The van der Waals surface area contributed by atoms with Gasteiger partial charge in [0.2, 0.25) is 0 Å². The molecule has 0 unspecified atom stereocenters. The number of carbonyl (C=O) groups is 1. The first-order valence-electron chi connectivity index (χ1n) is 6.99. The van der Waals surface area contributed by atoms with Crippen molar-refractivity contribution >= 4 is 6.03 Å². The Morgan fingerprint density at radius 1 is 1.21 bits per heavy atom. The summed E-state index contributed by atoms with van der Waals surface area (Å²) in [6, 6.07) is 8.37. The number of hydrogen-bond acceptors (Lipinski definition) is 1. The normalized spacial score (nSPS) is 12.9. The maximum Gasteiger partial charge on any atom is 0.315 e. The minimum absolute atomic E-state index is 0.0193. The maximum absolute atomic E-state index is 11.6. The highest BCUT2D eigenvalue weighted by Crippen LogP contribution is 2.23. The van der Waals surface area contributed by atoms with Gasteiger partial charge in [-0.2, -0.15) is 0 Å². The number of nitrogens with one attached hydrogen (secondary N) is 2. The molecular formula is C16H26N2O. The molecule has 0 aliphatic heterocycles. The third kappa shape index (κ3) is 4.93. The third-order valence-electron chi connectivity index (χ3n) is 3.16. The standard InChI is InChI=1S/C16H26N2O/c1-6-11-17-15(19)18-12(2)13-7-9-14(10-8-13)16(3,4)5/h7-10,12H,6,11H2,1-5H3,(H2,17,18,19)/t12-/m0/s1. The Labute approximate surface area is 116 Å². The Balaban J connectivity index is 2.63. The van der Waals surface area contributed by atoms with Crippen molar-refractivity contribution < 1.29 is 4.79 Å². The Morgan fingerprint density at radius 3 is 2.26 bits per heavy atom. The van der Waals surface area contributed by atoms with Gasteiger partial charge in [0.1, 0.15) is 0 Å². The van der Waals surface area contributed by atoms with Gasteiger partial charge in [-0.05, 0) is 29.9 Å². The van der Waals surface area contributed by atoms with E-state index >= 15 is 0 Å². The molecule has 0 aliphatic rings. The van der Waals surface area contributed by atoms with Crippen molar-refractivity contribution in [1.82, 2.24) is 10.6 Å². The minimum atomic E-state index is -0.103. The second-order valence-electron chi connectivity index (χ2n) is 5.99. The van der Waals surface area contributed by atoms with Crippen LogP contribution >= 0.6 is 0 Å². The fourth-order valence-electron chi connectivity index (χ4n) is 1.84. The summed E-state index contributed by atoms with van der Waals surface area (Å²) < 4.78 is 0. The van der Waals surface area contributed by atoms with Gasteiger partial charge in [-0.3, -0.25) is 0 Å². The highest BCUT2D eigenvalue weighted by molar-refractivity contribution is 5.74. The van der Waals surface area contributed by atoms with E-state index in [1.807, 2.05) is 13.8 Å². The molecule has 19 heavy (non-hydrogen) atoms. The molecule has 2 N–H and O–H groups in total. The van der Waals surface area contributed by atoms with E-state index in [2.05, 4.69) is 55.7 Å². The fourth-order valence-corrected chi connectivity index (χ4v) is 1.84. The fraction of sp³-hybridized carbons (Fsp3) is 0.562. The average molecular weight is 262 g/mol.